The number of anilines is 1. The van der Waals surface area contributed by atoms with Crippen molar-refractivity contribution in [1.82, 2.24) is 17.7 Å². The van der Waals surface area contributed by atoms with Crippen LogP contribution in [-0.2, 0) is 7.05 Å². The van der Waals surface area contributed by atoms with E-state index in [9.17, 15) is 0 Å². The van der Waals surface area contributed by atoms with Crippen molar-refractivity contribution in [3.05, 3.63) is 35.7 Å². The molecule has 0 aliphatic rings. The van der Waals surface area contributed by atoms with Crippen molar-refractivity contribution < 1.29 is 0 Å². The molecule has 0 spiro atoms. The molecule has 0 aliphatic carbocycles. The van der Waals surface area contributed by atoms with Crippen molar-refractivity contribution >= 4 is 31.7 Å². The van der Waals surface area contributed by atoms with Gasteiger partial charge < -0.3 is 0 Å². The van der Waals surface area contributed by atoms with E-state index in [1.54, 1.807) is 0 Å². The zero-order valence-electron chi connectivity index (χ0n) is 11.1. The topological polar surface area (TPSA) is 55.6 Å². The number of aryl methyl sites for hydroxylation is 2. The minimum absolute atomic E-state index is 0.00751. The standard InChI is InChI=1S/C13H15N5Se/c1-8(10-7-18(3)15-9(10)2)14-11-5-4-6-12-13(11)17-19-16-12/h4-8,14H,1-3H3. The number of aromatic nitrogens is 4. The first-order valence-electron chi connectivity index (χ1n) is 6.13. The first kappa shape index (κ1) is 12.4. The van der Waals surface area contributed by atoms with E-state index in [1.807, 2.05) is 30.8 Å². The van der Waals surface area contributed by atoms with Gasteiger partial charge in [-0.25, -0.2) is 0 Å². The molecular weight excluding hydrogens is 305 g/mol. The van der Waals surface area contributed by atoms with Gasteiger partial charge in [0, 0.05) is 0 Å². The van der Waals surface area contributed by atoms with Gasteiger partial charge in [-0.3, -0.25) is 0 Å². The Morgan fingerprint density at radius 3 is 2.89 bits per heavy atom. The van der Waals surface area contributed by atoms with Gasteiger partial charge in [-0.15, -0.1) is 0 Å². The van der Waals surface area contributed by atoms with Crippen LogP contribution in [0.15, 0.2) is 24.4 Å². The first-order valence-corrected chi connectivity index (χ1v) is 7.66. The van der Waals surface area contributed by atoms with Gasteiger partial charge >= 0.3 is 117 Å². The molecular formula is C13H15N5Se. The van der Waals surface area contributed by atoms with E-state index in [2.05, 4.69) is 37.6 Å². The molecule has 0 radical (unpaired) electrons. The van der Waals surface area contributed by atoms with E-state index in [0.29, 0.717) is 0 Å². The molecule has 1 unspecified atom stereocenters. The second kappa shape index (κ2) is 4.79. The van der Waals surface area contributed by atoms with Crippen LogP contribution in [0.4, 0.5) is 5.69 Å². The molecule has 0 saturated carbocycles. The van der Waals surface area contributed by atoms with E-state index in [1.165, 1.54) is 5.56 Å². The van der Waals surface area contributed by atoms with E-state index >= 15 is 0 Å². The molecule has 1 aromatic carbocycles. The average Bonchev–Trinajstić information content (AvgIpc) is 2.96. The Bertz CT molecular complexity index is 715. The van der Waals surface area contributed by atoms with Gasteiger partial charge in [-0.05, 0) is 0 Å². The molecule has 0 saturated heterocycles. The number of nitrogens with one attached hydrogen (secondary N) is 1. The number of rotatable bonds is 3. The summed E-state index contributed by atoms with van der Waals surface area (Å²) in [5.74, 6) is 0. The monoisotopic (exact) mass is 321 g/mol. The predicted molar refractivity (Wildman–Crippen MR) is 76.5 cm³/mol. The molecule has 0 aliphatic heterocycles. The number of fused-ring (bicyclic) bond motifs is 1. The van der Waals surface area contributed by atoms with Gasteiger partial charge in [-0.2, -0.15) is 0 Å². The molecule has 2 heterocycles. The molecule has 0 bridgehead atoms. The van der Waals surface area contributed by atoms with Crippen LogP contribution in [0.3, 0.4) is 0 Å². The Kier molecular flexibility index (Phi) is 3.12. The summed E-state index contributed by atoms with van der Waals surface area (Å²) in [6.07, 6.45) is 2.06. The maximum atomic E-state index is 4.49. The van der Waals surface area contributed by atoms with Crippen LogP contribution >= 0.6 is 0 Å². The number of nitrogens with zero attached hydrogens (tertiary/aromatic N) is 4. The van der Waals surface area contributed by atoms with E-state index in [-0.39, 0.29) is 21.0 Å². The zero-order valence-corrected chi connectivity index (χ0v) is 12.8. The Morgan fingerprint density at radius 1 is 1.32 bits per heavy atom. The minimum atomic E-state index is 0.00751. The number of benzene rings is 1. The Morgan fingerprint density at radius 2 is 2.16 bits per heavy atom. The molecule has 1 atom stereocenters. The molecule has 5 nitrogen and oxygen atoms in total. The maximum absolute atomic E-state index is 4.49. The van der Waals surface area contributed by atoms with Crippen LogP contribution in [0.1, 0.15) is 24.2 Å². The summed E-state index contributed by atoms with van der Waals surface area (Å²) in [7, 11) is 1.94. The normalized spacial score (nSPS) is 12.8. The summed E-state index contributed by atoms with van der Waals surface area (Å²) in [6.45, 7) is 4.17. The number of hydrogen-bond acceptors (Lipinski definition) is 4. The summed E-state index contributed by atoms with van der Waals surface area (Å²) in [6, 6.07) is 6.29. The van der Waals surface area contributed by atoms with Gasteiger partial charge in [0.25, 0.3) is 0 Å². The average molecular weight is 320 g/mol. The fraction of sp³-hybridized carbons (Fsp3) is 0.308. The fourth-order valence-corrected chi connectivity index (χ4v) is 3.43. The third-order valence-corrected chi connectivity index (χ3v) is 4.31. The molecule has 3 rings (SSSR count). The molecule has 3 aromatic rings. The van der Waals surface area contributed by atoms with Crippen molar-refractivity contribution in [3.63, 3.8) is 0 Å². The van der Waals surface area contributed by atoms with Crippen molar-refractivity contribution in [2.24, 2.45) is 7.05 Å². The van der Waals surface area contributed by atoms with E-state index < -0.39 is 0 Å². The summed E-state index contributed by atoms with van der Waals surface area (Å²) in [5, 5.41) is 7.90. The van der Waals surface area contributed by atoms with Crippen molar-refractivity contribution in [1.29, 1.82) is 0 Å². The Labute approximate surface area is 117 Å². The molecule has 2 aromatic heterocycles. The van der Waals surface area contributed by atoms with Crippen LogP contribution in [0.25, 0.3) is 11.0 Å². The first-order chi connectivity index (χ1) is 9.15. The van der Waals surface area contributed by atoms with Crippen molar-refractivity contribution in [3.8, 4) is 0 Å². The molecule has 19 heavy (non-hydrogen) atoms. The summed E-state index contributed by atoms with van der Waals surface area (Å²) < 4.78 is 10.7. The van der Waals surface area contributed by atoms with Crippen molar-refractivity contribution in [2.75, 3.05) is 5.32 Å². The van der Waals surface area contributed by atoms with Crippen LogP contribution in [-0.4, -0.2) is 32.7 Å². The molecule has 98 valence electrons. The van der Waals surface area contributed by atoms with Crippen LogP contribution in [0.5, 0.6) is 0 Å². The quantitative estimate of drug-likeness (QED) is 0.749. The second-order valence-electron chi connectivity index (χ2n) is 4.65. The van der Waals surface area contributed by atoms with Crippen LogP contribution in [0.2, 0.25) is 0 Å². The van der Waals surface area contributed by atoms with Crippen LogP contribution in [0, 0.1) is 6.92 Å². The molecule has 0 amide bonds. The van der Waals surface area contributed by atoms with E-state index in [4.69, 9.17) is 0 Å². The second-order valence-corrected chi connectivity index (χ2v) is 5.76. The molecule has 1 N–H and O–H groups in total. The zero-order chi connectivity index (χ0) is 13.4. The van der Waals surface area contributed by atoms with Crippen molar-refractivity contribution in [2.45, 2.75) is 19.9 Å². The third-order valence-electron chi connectivity index (χ3n) is 3.18. The molecule has 0 fully saturated rings. The van der Waals surface area contributed by atoms with Crippen LogP contribution < -0.4 is 5.32 Å². The Balaban J connectivity index is 1.92. The van der Waals surface area contributed by atoms with Gasteiger partial charge in [0.2, 0.25) is 0 Å². The predicted octanol–water partition coefficient (Wildman–Crippen LogP) is 1.90. The SMILES string of the molecule is Cc1nn(C)cc1C(C)Nc1cccc2n[se]nc12. The number of hydrogen-bond donors (Lipinski definition) is 1. The summed E-state index contributed by atoms with van der Waals surface area (Å²) in [4.78, 5) is 0. The fourth-order valence-electron chi connectivity index (χ4n) is 2.28. The third kappa shape index (κ3) is 2.29. The Hall–Kier alpha value is -1.65. The van der Waals surface area contributed by atoms with Gasteiger partial charge in [-0.1, -0.05) is 0 Å². The molecule has 6 heteroatoms. The van der Waals surface area contributed by atoms with Gasteiger partial charge in [0.05, 0.1) is 0 Å². The summed E-state index contributed by atoms with van der Waals surface area (Å²) in [5.41, 5.74) is 5.31. The van der Waals surface area contributed by atoms with E-state index in [0.717, 1.165) is 22.4 Å². The van der Waals surface area contributed by atoms with Gasteiger partial charge in [0.15, 0.2) is 0 Å². The van der Waals surface area contributed by atoms with Gasteiger partial charge in [0.1, 0.15) is 0 Å². The summed E-state index contributed by atoms with van der Waals surface area (Å²) >= 11 is 0.00751.